The van der Waals surface area contributed by atoms with Crippen molar-refractivity contribution in [3.8, 4) is 0 Å². The maximum absolute atomic E-state index is 11.3. The second kappa shape index (κ2) is 5.88. The van der Waals surface area contributed by atoms with Crippen molar-refractivity contribution in [1.82, 2.24) is 4.98 Å². The molecule has 2 rings (SSSR count). The lowest BCUT2D eigenvalue weighted by Crippen LogP contribution is -2.02. The van der Waals surface area contributed by atoms with Crippen LogP contribution in [0.2, 0.25) is 0 Å². The number of nitrogens with one attached hydrogen (secondary N) is 1. The molecule has 1 aromatic carbocycles. The third-order valence-electron chi connectivity index (χ3n) is 2.78. The quantitative estimate of drug-likeness (QED) is 0.669. The van der Waals surface area contributed by atoms with Crippen molar-refractivity contribution in [3.63, 3.8) is 0 Å². The van der Waals surface area contributed by atoms with E-state index in [9.17, 15) is 18.5 Å². The van der Waals surface area contributed by atoms with E-state index in [1.165, 1.54) is 30.5 Å². The van der Waals surface area contributed by atoms with E-state index in [0.717, 1.165) is 11.8 Å². The molecule has 0 spiro atoms. The zero-order valence-corrected chi connectivity index (χ0v) is 12.0. The Hall–Kier alpha value is -2.48. The lowest BCUT2D eigenvalue weighted by atomic mass is 10.2. The van der Waals surface area contributed by atoms with Gasteiger partial charge in [0.25, 0.3) is 5.69 Å². The minimum Gasteiger partial charge on any atom is -0.366 e. The Labute approximate surface area is 121 Å². The Bertz CT molecular complexity index is 740. The summed E-state index contributed by atoms with van der Waals surface area (Å²) >= 11 is 0. The second-order valence-corrected chi connectivity index (χ2v) is 6.44. The summed E-state index contributed by atoms with van der Waals surface area (Å²) in [4.78, 5) is 14.2. The number of pyridine rings is 1. The first kappa shape index (κ1) is 14.9. The van der Waals surface area contributed by atoms with Crippen molar-refractivity contribution in [2.24, 2.45) is 0 Å². The predicted octanol–water partition coefficient (Wildman–Crippen LogP) is 2.01. The molecule has 0 fully saturated rings. The first-order valence-electron chi connectivity index (χ1n) is 5.99. The van der Waals surface area contributed by atoms with Crippen LogP contribution in [0.15, 0.2) is 47.5 Å². The molecule has 0 unspecified atom stereocenters. The van der Waals surface area contributed by atoms with Crippen LogP contribution in [0.25, 0.3) is 0 Å². The molecule has 1 aromatic heterocycles. The summed E-state index contributed by atoms with van der Waals surface area (Å²) in [5, 5.41) is 13.5. The summed E-state index contributed by atoms with van der Waals surface area (Å²) in [6.07, 6.45) is 2.33. The zero-order chi connectivity index (χ0) is 15.5. The van der Waals surface area contributed by atoms with E-state index in [-0.39, 0.29) is 10.6 Å². The van der Waals surface area contributed by atoms with Gasteiger partial charge in [0, 0.05) is 18.9 Å². The van der Waals surface area contributed by atoms with Crippen LogP contribution in [-0.4, -0.2) is 24.6 Å². The van der Waals surface area contributed by atoms with E-state index in [1.54, 1.807) is 12.1 Å². The average molecular weight is 307 g/mol. The molecular weight excluding hydrogens is 294 g/mol. The summed E-state index contributed by atoms with van der Waals surface area (Å²) in [6.45, 7) is 0.439. The van der Waals surface area contributed by atoms with Crippen LogP contribution >= 0.6 is 0 Å². The molecule has 0 aliphatic heterocycles. The molecule has 8 heteroatoms. The molecule has 110 valence electrons. The summed E-state index contributed by atoms with van der Waals surface area (Å²) < 4.78 is 22.7. The van der Waals surface area contributed by atoms with E-state index in [0.29, 0.717) is 12.4 Å². The standard InChI is InChI=1S/C13H13N3O4S/c1-21(19,20)12-5-2-10(3-6-12)8-14-13-7-4-11(9-15-13)16(17)18/h2-7,9H,8H2,1H3,(H,14,15). The average Bonchev–Trinajstić information content (AvgIpc) is 2.45. The molecule has 0 saturated carbocycles. The summed E-state index contributed by atoms with van der Waals surface area (Å²) in [7, 11) is -3.20. The lowest BCUT2D eigenvalue weighted by Gasteiger charge is -2.06. The van der Waals surface area contributed by atoms with Crippen LogP contribution in [0.5, 0.6) is 0 Å². The number of nitrogens with zero attached hydrogens (tertiary/aromatic N) is 2. The highest BCUT2D eigenvalue weighted by atomic mass is 32.2. The van der Waals surface area contributed by atoms with Crippen molar-refractivity contribution in [3.05, 3.63) is 58.3 Å². The molecule has 0 amide bonds. The molecule has 0 bridgehead atoms. The van der Waals surface area contributed by atoms with Gasteiger partial charge in [0.1, 0.15) is 12.0 Å². The number of anilines is 1. The second-order valence-electron chi connectivity index (χ2n) is 4.43. The van der Waals surface area contributed by atoms with Gasteiger partial charge in [-0.3, -0.25) is 10.1 Å². The minimum absolute atomic E-state index is 0.0712. The van der Waals surface area contributed by atoms with Gasteiger partial charge in [-0.25, -0.2) is 13.4 Å². The number of rotatable bonds is 5. The molecule has 21 heavy (non-hydrogen) atoms. The number of benzene rings is 1. The monoisotopic (exact) mass is 307 g/mol. The SMILES string of the molecule is CS(=O)(=O)c1ccc(CNc2ccc([N+](=O)[O-])cn2)cc1. The van der Waals surface area contributed by atoms with Gasteiger partial charge in [0.2, 0.25) is 0 Å². The molecule has 7 nitrogen and oxygen atoms in total. The van der Waals surface area contributed by atoms with Gasteiger partial charge in [0.05, 0.1) is 9.82 Å². The minimum atomic E-state index is -3.20. The summed E-state index contributed by atoms with van der Waals surface area (Å²) in [5.41, 5.74) is 0.806. The molecule has 0 saturated heterocycles. The van der Waals surface area contributed by atoms with Crippen molar-refractivity contribution in [2.75, 3.05) is 11.6 Å². The fourth-order valence-corrected chi connectivity index (χ4v) is 2.28. The fourth-order valence-electron chi connectivity index (χ4n) is 1.65. The first-order chi connectivity index (χ1) is 9.86. The maximum atomic E-state index is 11.3. The van der Waals surface area contributed by atoms with E-state index >= 15 is 0 Å². The van der Waals surface area contributed by atoms with Crippen LogP contribution < -0.4 is 5.32 Å². The van der Waals surface area contributed by atoms with Crippen LogP contribution in [-0.2, 0) is 16.4 Å². The fraction of sp³-hybridized carbons (Fsp3) is 0.154. The maximum Gasteiger partial charge on any atom is 0.287 e. The van der Waals surface area contributed by atoms with Gasteiger partial charge < -0.3 is 5.32 Å². The van der Waals surface area contributed by atoms with Gasteiger partial charge >= 0.3 is 0 Å². The van der Waals surface area contributed by atoms with Crippen LogP contribution in [0, 0.1) is 10.1 Å². The molecule has 1 N–H and O–H groups in total. The Kier molecular flexibility index (Phi) is 4.18. The van der Waals surface area contributed by atoms with E-state index < -0.39 is 14.8 Å². The molecule has 0 aliphatic carbocycles. The summed E-state index contributed by atoms with van der Waals surface area (Å²) in [5.74, 6) is 0.507. The van der Waals surface area contributed by atoms with Gasteiger partial charge in [0.15, 0.2) is 9.84 Å². The molecule has 1 heterocycles. The number of nitro groups is 1. The van der Waals surface area contributed by atoms with E-state index in [4.69, 9.17) is 0 Å². The Morgan fingerprint density at radius 1 is 1.19 bits per heavy atom. The predicted molar refractivity (Wildman–Crippen MR) is 77.8 cm³/mol. The highest BCUT2D eigenvalue weighted by Gasteiger charge is 2.07. The highest BCUT2D eigenvalue weighted by Crippen LogP contribution is 2.14. The van der Waals surface area contributed by atoms with Crippen molar-refractivity contribution >= 4 is 21.3 Å². The molecule has 2 aromatic rings. The lowest BCUT2D eigenvalue weighted by molar-refractivity contribution is -0.385. The van der Waals surface area contributed by atoms with Crippen LogP contribution in [0.3, 0.4) is 0 Å². The number of hydrogen-bond donors (Lipinski definition) is 1. The van der Waals surface area contributed by atoms with E-state index in [2.05, 4.69) is 10.3 Å². The smallest absolute Gasteiger partial charge is 0.287 e. The third kappa shape index (κ3) is 3.99. The highest BCUT2D eigenvalue weighted by molar-refractivity contribution is 7.90. The van der Waals surface area contributed by atoms with Gasteiger partial charge in [-0.15, -0.1) is 0 Å². The topological polar surface area (TPSA) is 102 Å². The van der Waals surface area contributed by atoms with E-state index in [1.807, 2.05) is 0 Å². The largest absolute Gasteiger partial charge is 0.366 e. The normalized spacial score (nSPS) is 11.1. The van der Waals surface area contributed by atoms with Crippen LogP contribution in [0.4, 0.5) is 11.5 Å². The van der Waals surface area contributed by atoms with Crippen molar-refractivity contribution < 1.29 is 13.3 Å². The zero-order valence-electron chi connectivity index (χ0n) is 11.2. The third-order valence-corrected chi connectivity index (χ3v) is 3.91. The molecule has 0 atom stereocenters. The van der Waals surface area contributed by atoms with Gasteiger partial charge in [-0.1, -0.05) is 12.1 Å². The van der Waals surface area contributed by atoms with Gasteiger partial charge in [-0.2, -0.15) is 0 Å². The summed E-state index contributed by atoms with van der Waals surface area (Å²) in [6, 6.07) is 9.36. The number of hydrogen-bond acceptors (Lipinski definition) is 6. The van der Waals surface area contributed by atoms with Crippen LogP contribution in [0.1, 0.15) is 5.56 Å². The van der Waals surface area contributed by atoms with Crippen molar-refractivity contribution in [2.45, 2.75) is 11.4 Å². The molecule has 0 radical (unpaired) electrons. The first-order valence-corrected chi connectivity index (χ1v) is 7.89. The number of aromatic nitrogens is 1. The molecular formula is C13H13N3O4S. The Morgan fingerprint density at radius 3 is 2.33 bits per heavy atom. The molecule has 0 aliphatic rings. The Balaban J connectivity index is 2.01. The van der Waals surface area contributed by atoms with Crippen molar-refractivity contribution in [1.29, 1.82) is 0 Å². The number of sulfone groups is 1. The Morgan fingerprint density at radius 2 is 1.86 bits per heavy atom. The van der Waals surface area contributed by atoms with Gasteiger partial charge in [-0.05, 0) is 23.8 Å².